The molecule has 0 saturated heterocycles. The van der Waals surface area contributed by atoms with Crippen molar-refractivity contribution in [1.29, 1.82) is 0 Å². The summed E-state index contributed by atoms with van der Waals surface area (Å²) in [5, 5.41) is 3.01. The molecule has 144 valence electrons. The summed E-state index contributed by atoms with van der Waals surface area (Å²) in [7, 11) is 2.14. The number of anilines is 1. The van der Waals surface area contributed by atoms with E-state index in [0.717, 1.165) is 40.8 Å². The van der Waals surface area contributed by atoms with Gasteiger partial charge >= 0.3 is 0 Å². The standard InChI is InChI=1S/C19H31FN2O.C2H6/c1-7-9-10-11-22(6,8-2)16(5)19(23)21-18-14(3)12-17(20)13-15(18)4;1-2/h12-13,16H,7-11H2,1-6H3;1-2H3/p+1. The first-order valence-corrected chi connectivity index (χ1v) is 9.67. The minimum Gasteiger partial charge on any atom is -0.320 e. The molecule has 0 bridgehead atoms. The molecule has 1 aromatic rings. The number of hydrogen-bond donors (Lipinski definition) is 1. The first kappa shape index (κ1) is 23.6. The number of benzene rings is 1. The number of nitrogens with one attached hydrogen (secondary N) is 1. The van der Waals surface area contributed by atoms with E-state index >= 15 is 0 Å². The number of likely N-dealkylation sites (N-methyl/N-ethyl adjacent to an activating group) is 1. The van der Waals surface area contributed by atoms with Gasteiger partial charge in [0, 0.05) is 5.69 Å². The summed E-state index contributed by atoms with van der Waals surface area (Å²) in [6, 6.07) is 2.78. The van der Waals surface area contributed by atoms with E-state index in [9.17, 15) is 9.18 Å². The van der Waals surface area contributed by atoms with Crippen molar-refractivity contribution >= 4 is 11.6 Å². The molecule has 1 rings (SSSR count). The lowest BCUT2D eigenvalue weighted by Crippen LogP contribution is -2.56. The van der Waals surface area contributed by atoms with Crippen molar-refractivity contribution in [2.75, 3.05) is 25.5 Å². The maximum atomic E-state index is 13.4. The Balaban J connectivity index is 0.00000277. The highest BCUT2D eigenvalue weighted by Gasteiger charge is 2.33. The van der Waals surface area contributed by atoms with Crippen LogP contribution in [-0.2, 0) is 4.79 Å². The Morgan fingerprint density at radius 2 is 1.68 bits per heavy atom. The molecule has 0 aliphatic rings. The largest absolute Gasteiger partial charge is 0.320 e. The maximum absolute atomic E-state index is 13.4. The summed E-state index contributed by atoms with van der Waals surface area (Å²) < 4.78 is 14.1. The summed E-state index contributed by atoms with van der Waals surface area (Å²) in [6.07, 6.45) is 3.50. The predicted molar refractivity (Wildman–Crippen MR) is 106 cm³/mol. The zero-order valence-corrected chi connectivity index (χ0v) is 17.5. The Kier molecular flexibility index (Phi) is 10.6. The molecule has 0 radical (unpaired) electrons. The van der Waals surface area contributed by atoms with Gasteiger partial charge in [0.2, 0.25) is 0 Å². The van der Waals surface area contributed by atoms with E-state index in [0.29, 0.717) is 0 Å². The third-order valence-corrected chi connectivity index (χ3v) is 5.06. The fourth-order valence-electron chi connectivity index (χ4n) is 2.97. The van der Waals surface area contributed by atoms with Crippen molar-refractivity contribution in [3.8, 4) is 0 Å². The van der Waals surface area contributed by atoms with Crippen LogP contribution in [0.25, 0.3) is 0 Å². The smallest absolute Gasteiger partial charge is 0.282 e. The molecule has 1 N–H and O–H groups in total. The highest BCUT2D eigenvalue weighted by molar-refractivity contribution is 5.95. The van der Waals surface area contributed by atoms with Gasteiger partial charge in [0.05, 0.1) is 20.1 Å². The SMILES string of the molecule is CC.CCCCC[N+](C)(CC)C(C)C(=O)Nc1c(C)cc(F)cc1C. The van der Waals surface area contributed by atoms with Gasteiger partial charge in [-0.05, 0) is 63.8 Å². The number of halogens is 1. The lowest BCUT2D eigenvalue weighted by atomic mass is 10.1. The van der Waals surface area contributed by atoms with Crippen molar-refractivity contribution < 1.29 is 13.7 Å². The number of carbonyl (C=O) groups excluding carboxylic acids is 1. The molecule has 1 amide bonds. The topological polar surface area (TPSA) is 29.1 Å². The number of unbranched alkanes of at least 4 members (excludes halogenated alkanes) is 2. The van der Waals surface area contributed by atoms with Gasteiger partial charge in [-0.1, -0.05) is 27.2 Å². The van der Waals surface area contributed by atoms with Gasteiger partial charge in [-0.2, -0.15) is 0 Å². The molecule has 0 aliphatic heterocycles. The molecule has 0 fully saturated rings. The van der Waals surface area contributed by atoms with Crippen LogP contribution in [0.5, 0.6) is 0 Å². The Labute approximate surface area is 154 Å². The maximum Gasteiger partial charge on any atom is 0.282 e. The quantitative estimate of drug-likeness (QED) is 0.488. The Morgan fingerprint density at radius 3 is 2.12 bits per heavy atom. The number of rotatable bonds is 8. The van der Waals surface area contributed by atoms with E-state index < -0.39 is 0 Å². The molecule has 3 nitrogen and oxygen atoms in total. The van der Waals surface area contributed by atoms with Gasteiger partial charge in [-0.25, -0.2) is 4.39 Å². The van der Waals surface area contributed by atoms with Crippen LogP contribution in [0.1, 0.15) is 65.0 Å². The third-order valence-electron chi connectivity index (χ3n) is 5.06. The first-order chi connectivity index (χ1) is 11.7. The van der Waals surface area contributed by atoms with Crippen LogP contribution in [0.4, 0.5) is 10.1 Å². The van der Waals surface area contributed by atoms with Crippen molar-refractivity contribution in [1.82, 2.24) is 0 Å². The zero-order chi connectivity index (χ0) is 19.6. The Bertz CT molecular complexity index is 522. The number of nitrogens with zero attached hydrogens (tertiary/aromatic N) is 1. The summed E-state index contributed by atoms with van der Waals surface area (Å²) in [4.78, 5) is 12.7. The number of quaternary nitrogens is 1. The summed E-state index contributed by atoms with van der Waals surface area (Å²) in [5.74, 6) is -0.261. The summed E-state index contributed by atoms with van der Waals surface area (Å²) >= 11 is 0. The number of amides is 1. The van der Waals surface area contributed by atoms with Gasteiger partial charge in [-0.3, -0.25) is 4.79 Å². The average molecular weight is 354 g/mol. The van der Waals surface area contributed by atoms with Gasteiger partial charge in [-0.15, -0.1) is 0 Å². The lowest BCUT2D eigenvalue weighted by Gasteiger charge is -2.38. The highest BCUT2D eigenvalue weighted by Crippen LogP contribution is 2.23. The minimum absolute atomic E-state index is 0.00339. The van der Waals surface area contributed by atoms with Crippen LogP contribution in [0, 0.1) is 19.7 Å². The minimum atomic E-state index is -0.264. The van der Waals surface area contributed by atoms with Crippen molar-refractivity contribution in [2.24, 2.45) is 0 Å². The number of carbonyl (C=O) groups is 1. The number of aryl methyl sites for hydroxylation is 2. The van der Waals surface area contributed by atoms with Crippen LogP contribution in [0.3, 0.4) is 0 Å². The fraction of sp³-hybridized carbons (Fsp3) is 0.667. The second kappa shape index (κ2) is 11.2. The van der Waals surface area contributed by atoms with Crippen LogP contribution >= 0.6 is 0 Å². The first-order valence-electron chi connectivity index (χ1n) is 9.67. The van der Waals surface area contributed by atoms with E-state index in [-0.39, 0.29) is 17.8 Å². The molecule has 0 spiro atoms. The van der Waals surface area contributed by atoms with Crippen LogP contribution in [0.2, 0.25) is 0 Å². The molecule has 0 aromatic heterocycles. The normalized spacial score (nSPS) is 14.1. The van der Waals surface area contributed by atoms with E-state index in [1.165, 1.54) is 25.0 Å². The predicted octanol–water partition coefficient (Wildman–Crippen LogP) is 5.45. The fourth-order valence-corrected chi connectivity index (χ4v) is 2.97. The van der Waals surface area contributed by atoms with E-state index in [4.69, 9.17) is 0 Å². The second-order valence-electron chi connectivity index (χ2n) is 6.81. The Morgan fingerprint density at radius 1 is 1.16 bits per heavy atom. The highest BCUT2D eigenvalue weighted by atomic mass is 19.1. The summed E-state index contributed by atoms with van der Waals surface area (Å²) in [5.41, 5.74) is 2.26. The monoisotopic (exact) mass is 353 g/mol. The van der Waals surface area contributed by atoms with Crippen LogP contribution in [-0.4, -0.2) is 36.6 Å². The molecule has 1 aromatic carbocycles. The van der Waals surface area contributed by atoms with E-state index in [1.54, 1.807) is 0 Å². The zero-order valence-electron chi connectivity index (χ0n) is 17.5. The molecule has 0 saturated carbocycles. The average Bonchev–Trinajstić information content (AvgIpc) is 2.59. The van der Waals surface area contributed by atoms with E-state index in [2.05, 4.69) is 26.2 Å². The van der Waals surface area contributed by atoms with Crippen LogP contribution < -0.4 is 5.32 Å². The second-order valence-corrected chi connectivity index (χ2v) is 6.81. The molecule has 0 heterocycles. The lowest BCUT2D eigenvalue weighted by molar-refractivity contribution is -0.921. The van der Waals surface area contributed by atoms with Crippen molar-refractivity contribution in [3.63, 3.8) is 0 Å². The molecular formula is C21H38FN2O+. The van der Waals surface area contributed by atoms with Crippen molar-refractivity contribution in [3.05, 3.63) is 29.1 Å². The molecule has 0 aliphatic carbocycles. The molecule has 4 heteroatoms. The Hall–Kier alpha value is -1.42. The van der Waals surface area contributed by atoms with E-state index in [1.807, 2.05) is 34.6 Å². The van der Waals surface area contributed by atoms with Crippen LogP contribution in [0.15, 0.2) is 12.1 Å². The van der Waals surface area contributed by atoms with Gasteiger partial charge < -0.3 is 9.80 Å². The molecule has 25 heavy (non-hydrogen) atoms. The molecular weight excluding hydrogens is 315 g/mol. The third kappa shape index (κ3) is 6.77. The number of hydrogen-bond acceptors (Lipinski definition) is 1. The van der Waals surface area contributed by atoms with Gasteiger partial charge in [0.1, 0.15) is 5.82 Å². The molecule has 2 atom stereocenters. The van der Waals surface area contributed by atoms with Gasteiger partial charge in [0.15, 0.2) is 6.04 Å². The van der Waals surface area contributed by atoms with Gasteiger partial charge in [0.25, 0.3) is 5.91 Å². The summed E-state index contributed by atoms with van der Waals surface area (Å²) in [6.45, 7) is 15.9. The molecule has 2 unspecified atom stereocenters. The van der Waals surface area contributed by atoms with Crippen molar-refractivity contribution in [2.45, 2.75) is 73.8 Å².